The van der Waals surface area contributed by atoms with Crippen LogP contribution in [0.2, 0.25) is 0 Å². The summed E-state index contributed by atoms with van der Waals surface area (Å²) < 4.78 is 0. The Labute approximate surface area is 135 Å². The molecule has 3 nitrogen and oxygen atoms in total. The Morgan fingerprint density at radius 3 is 2.05 bits per heavy atom. The van der Waals surface area contributed by atoms with Gasteiger partial charge < -0.3 is 9.80 Å². The van der Waals surface area contributed by atoms with Gasteiger partial charge in [-0.25, -0.2) is 0 Å². The molecule has 0 unspecified atom stereocenters. The Balaban J connectivity index is 1.45. The molecule has 1 aromatic rings. The molecule has 0 radical (unpaired) electrons. The number of hydrogen-bond acceptors (Lipinski definition) is 3. The summed E-state index contributed by atoms with van der Waals surface area (Å²) in [6, 6.07) is 12.5. The van der Waals surface area contributed by atoms with Gasteiger partial charge in [0.25, 0.3) is 0 Å². The van der Waals surface area contributed by atoms with E-state index in [2.05, 4.69) is 59.1 Å². The van der Waals surface area contributed by atoms with E-state index >= 15 is 0 Å². The van der Waals surface area contributed by atoms with E-state index < -0.39 is 0 Å². The van der Waals surface area contributed by atoms with Crippen LogP contribution in [0.3, 0.4) is 0 Å². The van der Waals surface area contributed by atoms with Crippen molar-refractivity contribution in [3.8, 4) is 0 Å². The number of piperidine rings is 2. The van der Waals surface area contributed by atoms with Crippen molar-refractivity contribution in [3.05, 3.63) is 35.9 Å². The molecule has 0 saturated carbocycles. The third-order valence-corrected chi connectivity index (χ3v) is 5.65. The van der Waals surface area contributed by atoms with Gasteiger partial charge in [-0.1, -0.05) is 30.3 Å². The maximum atomic E-state index is 2.70. The molecule has 2 aliphatic heterocycles. The minimum Gasteiger partial charge on any atom is -0.306 e. The van der Waals surface area contributed by atoms with Gasteiger partial charge in [-0.2, -0.15) is 0 Å². The third kappa shape index (κ3) is 4.09. The fourth-order valence-corrected chi connectivity index (χ4v) is 4.03. The van der Waals surface area contributed by atoms with Crippen molar-refractivity contribution in [2.45, 2.75) is 44.3 Å². The molecule has 2 fully saturated rings. The predicted octanol–water partition coefficient (Wildman–Crippen LogP) is 2.68. The molecule has 3 rings (SSSR count). The molecule has 0 aliphatic carbocycles. The van der Waals surface area contributed by atoms with Gasteiger partial charge in [-0.15, -0.1) is 0 Å². The number of rotatable bonds is 4. The van der Waals surface area contributed by atoms with Crippen molar-refractivity contribution >= 4 is 0 Å². The van der Waals surface area contributed by atoms with E-state index in [4.69, 9.17) is 0 Å². The molecular weight excluding hydrogens is 270 g/mol. The molecule has 0 amide bonds. The van der Waals surface area contributed by atoms with Crippen LogP contribution < -0.4 is 0 Å². The molecule has 22 heavy (non-hydrogen) atoms. The zero-order chi connectivity index (χ0) is 15.4. The van der Waals surface area contributed by atoms with Crippen LogP contribution in [0, 0.1) is 0 Å². The number of benzene rings is 1. The fraction of sp³-hybridized carbons (Fsp3) is 0.684. The first kappa shape index (κ1) is 16.0. The largest absolute Gasteiger partial charge is 0.306 e. The van der Waals surface area contributed by atoms with Crippen LogP contribution in [0.1, 0.15) is 31.2 Å². The number of nitrogens with zero attached hydrogens (tertiary/aromatic N) is 3. The molecule has 2 aliphatic rings. The summed E-state index contributed by atoms with van der Waals surface area (Å²) in [5, 5.41) is 0. The lowest BCUT2D eigenvalue weighted by Crippen LogP contribution is -2.50. The molecule has 122 valence electrons. The molecule has 0 atom stereocenters. The Hall–Kier alpha value is -0.900. The van der Waals surface area contributed by atoms with Gasteiger partial charge in [-0.3, -0.25) is 4.90 Å². The summed E-state index contributed by atoms with van der Waals surface area (Å²) in [5.74, 6) is 0. The first-order chi connectivity index (χ1) is 10.7. The van der Waals surface area contributed by atoms with Crippen molar-refractivity contribution in [2.24, 2.45) is 0 Å². The van der Waals surface area contributed by atoms with Gasteiger partial charge in [0.1, 0.15) is 0 Å². The van der Waals surface area contributed by atoms with E-state index in [0.29, 0.717) is 0 Å². The van der Waals surface area contributed by atoms with Crippen LogP contribution >= 0.6 is 0 Å². The van der Waals surface area contributed by atoms with Crippen molar-refractivity contribution < 1.29 is 0 Å². The lowest BCUT2D eigenvalue weighted by Gasteiger charge is -2.43. The van der Waals surface area contributed by atoms with Crippen LogP contribution in [0.25, 0.3) is 0 Å². The monoisotopic (exact) mass is 301 g/mol. The smallest absolute Gasteiger partial charge is 0.0233 e. The molecular formula is C19H31N3. The highest BCUT2D eigenvalue weighted by molar-refractivity contribution is 5.14. The van der Waals surface area contributed by atoms with E-state index in [-0.39, 0.29) is 0 Å². The Morgan fingerprint density at radius 1 is 0.909 bits per heavy atom. The van der Waals surface area contributed by atoms with Crippen molar-refractivity contribution in [1.29, 1.82) is 0 Å². The third-order valence-electron chi connectivity index (χ3n) is 5.65. The summed E-state index contributed by atoms with van der Waals surface area (Å²) in [5.41, 5.74) is 1.45. The minimum atomic E-state index is 0.792. The first-order valence-corrected chi connectivity index (χ1v) is 8.89. The van der Waals surface area contributed by atoms with Crippen molar-refractivity contribution in [1.82, 2.24) is 14.7 Å². The van der Waals surface area contributed by atoms with Crippen LogP contribution in [0.15, 0.2) is 30.3 Å². The molecule has 0 aromatic heterocycles. The van der Waals surface area contributed by atoms with Gasteiger partial charge in [-0.05, 0) is 71.5 Å². The number of likely N-dealkylation sites (tertiary alicyclic amines) is 2. The van der Waals surface area contributed by atoms with E-state index in [0.717, 1.165) is 18.6 Å². The summed E-state index contributed by atoms with van der Waals surface area (Å²) >= 11 is 0. The molecule has 2 heterocycles. The Kier molecular flexibility index (Phi) is 5.51. The average molecular weight is 301 g/mol. The fourth-order valence-electron chi connectivity index (χ4n) is 4.03. The molecule has 2 saturated heterocycles. The Morgan fingerprint density at radius 2 is 1.45 bits per heavy atom. The molecule has 3 heteroatoms. The van der Waals surface area contributed by atoms with E-state index in [1.807, 2.05) is 0 Å². The maximum Gasteiger partial charge on any atom is 0.0233 e. The maximum absolute atomic E-state index is 2.70. The molecule has 1 aromatic carbocycles. The van der Waals surface area contributed by atoms with E-state index in [1.165, 1.54) is 57.4 Å². The quantitative estimate of drug-likeness (QED) is 0.846. The summed E-state index contributed by atoms with van der Waals surface area (Å²) in [7, 11) is 4.62. The van der Waals surface area contributed by atoms with Crippen LogP contribution in [0.5, 0.6) is 0 Å². The second-order valence-corrected chi connectivity index (χ2v) is 7.19. The highest BCUT2D eigenvalue weighted by Crippen LogP contribution is 2.23. The second kappa shape index (κ2) is 7.58. The summed E-state index contributed by atoms with van der Waals surface area (Å²) in [4.78, 5) is 7.79. The molecule has 0 N–H and O–H groups in total. The van der Waals surface area contributed by atoms with Gasteiger partial charge in [0, 0.05) is 18.6 Å². The average Bonchev–Trinajstić information content (AvgIpc) is 2.57. The normalized spacial score (nSPS) is 23.2. The van der Waals surface area contributed by atoms with Crippen LogP contribution in [0.4, 0.5) is 0 Å². The zero-order valence-electron chi connectivity index (χ0n) is 14.2. The second-order valence-electron chi connectivity index (χ2n) is 7.19. The van der Waals surface area contributed by atoms with Crippen molar-refractivity contribution in [2.75, 3.05) is 40.3 Å². The van der Waals surface area contributed by atoms with Gasteiger partial charge in [0.05, 0.1) is 0 Å². The van der Waals surface area contributed by atoms with E-state index in [1.54, 1.807) is 0 Å². The minimum absolute atomic E-state index is 0.792. The van der Waals surface area contributed by atoms with Gasteiger partial charge in [0.2, 0.25) is 0 Å². The molecule has 0 spiro atoms. The lowest BCUT2D eigenvalue weighted by molar-refractivity contribution is 0.0643. The topological polar surface area (TPSA) is 9.72 Å². The van der Waals surface area contributed by atoms with Crippen LogP contribution in [-0.4, -0.2) is 67.1 Å². The van der Waals surface area contributed by atoms with E-state index in [9.17, 15) is 0 Å². The molecule has 0 bridgehead atoms. The summed E-state index contributed by atoms with van der Waals surface area (Å²) in [6.45, 7) is 6.14. The predicted molar refractivity (Wildman–Crippen MR) is 93.0 cm³/mol. The Bertz CT molecular complexity index is 431. The standard InChI is InChI=1S/C19H31N3/c1-20-12-8-18(9-13-20)21(2)19-10-14-22(15-11-19)16-17-6-4-3-5-7-17/h3-7,18-19H,8-16H2,1-2H3. The zero-order valence-corrected chi connectivity index (χ0v) is 14.2. The SMILES string of the molecule is CN1CCC(N(C)C2CCN(Cc3ccccc3)CC2)CC1. The van der Waals surface area contributed by atoms with Crippen LogP contribution in [-0.2, 0) is 6.54 Å². The lowest BCUT2D eigenvalue weighted by atomic mass is 9.97. The van der Waals surface area contributed by atoms with Gasteiger partial charge in [0.15, 0.2) is 0 Å². The first-order valence-electron chi connectivity index (χ1n) is 8.89. The highest BCUT2D eigenvalue weighted by Gasteiger charge is 2.28. The van der Waals surface area contributed by atoms with Gasteiger partial charge >= 0.3 is 0 Å². The summed E-state index contributed by atoms with van der Waals surface area (Å²) in [6.07, 6.45) is 5.35. The van der Waals surface area contributed by atoms with Crippen molar-refractivity contribution in [3.63, 3.8) is 0 Å². The highest BCUT2D eigenvalue weighted by atomic mass is 15.2. The number of hydrogen-bond donors (Lipinski definition) is 0.